The number of ether oxygens (including phenoxy) is 1. The molecule has 0 N–H and O–H groups in total. The third-order valence-corrected chi connectivity index (χ3v) is 8.54. The van der Waals surface area contributed by atoms with Crippen LogP contribution in [-0.4, -0.2) is 68.3 Å². The van der Waals surface area contributed by atoms with Gasteiger partial charge in [0.25, 0.3) is 5.91 Å². The van der Waals surface area contributed by atoms with Crippen molar-refractivity contribution in [2.75, 3.05) is 31.2 Å². The first-order valence-electron chi connectivity index (χ1n) is 9.57. The lowest BCUT2D eigenvalue weighted by molar-refractivity contribution is -0.140. The summed E-state index contributed by atoms with van der Waals surface area (Å²) < 4.78 is 5.93. The van der Waals surface area contributed by atoms with Crippen molar-refractivity contribution >= 4 is 60.6 Å². The Morgan fingerprint density at radius 2 is 1.85 bits per heavy atom. The molecule has 3 rings (SSSR count). The number of thioether (sulfide) groups is 2. The van der Waals surface area contributed by atoms with Gasteiger partial charge in [-0.05, 0) is 19.3 Å². The fraction of sp³-hybridized carbons (Fsp3) is 0.778. The Morgan fingerprint density at radius 3 is 2.44 bits per heavy atom. The quantitative estimate of drug-likeness (QED) is 0.483. The van der Waals surface area contributed by atoms with E-state index in [1.165, 1.54) is 0 Å². The molecule has 2 fully saturated rings. The monoisotopic (exact) mass is 448 g/mol. The molecule has 5 nitrogen and oxygen atoms in total. The van der Waals surface area contributed by atoms with E-state index in [4.69, 9.17) is 4.74 Å². The first-order chi connectivity index (χ1) is 13.0. The van der Waals surface area contributed by atoms with Crippen molar-refractivity contribution in [1.82, 2.24) is 9.80 Å². The maximum absolute atomic E-state index is 13.2. The Balaban J connectivity index is 1.79. The van der Waals surface area contributed by atoms with Crippen LogP contribution in [0.15, 0.2) is 11.6 Å². The number of allylic oxidation sites excluding steroid dienone is 1. The van der Waals surface area contributed by atoms with Crippen molar-refractivity contribution in [3.05, 3.63) is 11.6 Å². The highest BCUT2D eigenvalue weighted by Gasteiger charge is 2.43. The van der Waals surface area contributed by atoms with E-state index >= 15 is 0 Å². The van der Waals surface area contributed by atoms with Gasteiger partial charge in [-0.3, -0.25) is 9.59 Å². The summed E-state index contributed by atoms with van der Waals surface area (Å²) in [6, 6.07) is 0. The fourth-order valence-corrected chi connectivity index (χ4v) is 6.52. The van der Waals surface area contributed by atoms with E-state index in [9.17, 15) is 9.59 Å². The number of hydrogen-bond acceptors (Lipinski definition) is 7. The number of nitrogens with zero attached hydrogens (tertiary/aromatic N) is 2. The van der Waals surface area contributed by atoms with Crippen molar-refractivity contribution in [2.45, 2.75) is 48.1 Å². The standard InChI is InChI=1S/C18H28N2O3S4/c1-2-3-9-23-14-12(15(21)19-7-10-26-17(19)24)5-4-6-13(14)16(22)20-8-11-27-18(20)25/h5,13-14,17-18,24-25H,2-4,6-11H2,1H3/t13?,14-,17?,18?/m1/s1. The number of rotatable bonds is 6. The van der Waals surface area contributed by atoms with Crippen LogP contribution in [0.2, 0.25) is 0 Å². The van der Waals surface area contributed by atoms with Gasteiger partial charge in [0.1, 0.15) is 9.41 Å². The van der Waals surface area contributed by atoms with Gasteiger partial charge >= 0.3 is 0 Å². The third kappa shape index (κ3) is 4.97. The van der Waals surface area contributed by atoms with Gasteiger partial charge in [-0.1, -0.05) is 19.4 Å². The van der Waals surface area contributed by atoms with Crippen molar-refractivity contribution in [3.8, 4) is 0 Å². The molecule has 0 aromatic carbocycles. The minimum absolute atomic E-state index is 0.0304. The fourth-order valence-electron chi connectivity index (χ4n) is 3.64. The predicted molar refractivity (Wildman–Crippen MR) is 119 cm³/mol. The van der Waals surface area contributed by atoms with Gasteiger partial charge in [0.15, 0.2) is 0 Å². The molecule has 2 heterocycles. The van der Waals surface area contributed by atoms with Gasteiger partial charge in [0.2, 0.25) is 5.91 Å². The number of thiol groups is 2. The SMILES string of the molecule is CCCCO[C@@H]1C(C(=O)N2CCSC2S)=CCCC1C(=O)N1CCSC1S. The third-order valence-electron chi connectivity index (χ3n) is 5.15. The van der Waals surface area contributed by atoms with Crippen LogP contribution in [0.4, 0.5) is 0 Å². The van der Waals surface area contributed by atoms with Crippen molar-refractivity contribution < 1.29 is 14.3 Å². The summed E-state index contributed by atoms with van der Waals surface area (Å²) in [6.45, 7) is 4.07. The lowest BCUT2D eigenvalue weighted by Gasteiger charge is -2.36. The van der Waals surface area contributed by atoms with E-state index in [1.807, 2.05) is 11.0 Å². The van der Waals surface area contributed by atoms with Gasteiger partial charge in [0, 0.05) is 36.8 Å². The van der Waals surface area contributed by atoms with Crippen LogP contribution in [-0.2, 0) is 14.3 Å². The second-order valence-corrected chi connectivity index (χ2v) is 11.0. The van der Waals surface area contributed by atoms with E-state index in [1.54, 1.807) is 28.4 Å². The first kappa shape index (κ1) is 21.7. The molecular formula is C18H28N2O3S4. The summed E-state index contributed by atoms with van der Waals surface area (Å²) in [4.78, 5) is 30.0. The molecule has 4 atom stereocenters. The minimum atomic E-state index is -0.470. The van der Waals surface area contributed by atoms with Crippen LogP contribution >= 0.6 is 48.8 Å². The highest BCUT2D eigenvalue weighted by Crippen LogP contribution is 2.36. The summed E-state index contributed by atoms with van der Waals surface area (Å²) in [5, 5.41) is 0. The van der Waals surface area contributed by atoms with Crippen molar-refractivity contribution in [1.29, 1.82) is 0 Å². The molecule has 0 aromatic heterocycles. The number of carbonyl (C=O) groups excluding carboxylic acids is 2. The summed E-state index contributed by atoms with van der Waals surface area (Å²) in [7, 11) is 0. The summed E-state index contributed by atoms with van der Waals surface area (Å²) in [5.41, 5.74) is 0.639. The molecule has 9 heteroatoms. The highest BCUT2D eigenvalue weighted by atomic mass is 32.2. The predicted octanol–water partition coefficient (Wildman–Crippen LogP) is 3.09. The van der Waals surface area contributed by atoms with Gasteiger partial charge in [-0.25, -0.2) is 0 Å². The maximum Gasteiger partial charge on any atom is 0.253 e. The molecule has 3 aliphatic rings. The number of unbranched alkanes of at least 4 members (excludes halogenated alkanes) is 1. The lowest BCUT2D eigenvalue weighted by atomic mass is 9.84. The summed E-state index contributed by atoms with van der Waals surface area (Å²) in [6.07, 6.45) is 4.88. The maximum atomic E-state index is 13.2. The molecule has 0 radical (unpaired) electrons. The molecule has 27 heavy (non-hydrogen) atoms. The van der Waals surface area contributed by atoms with Crippen molar-refractivity contribution in [2.24, 2.45) is 5.92 Å². The molecule has 0 spiro atoms. The Bertz CT molecular complexity index is 589. The molecule has 2 aliphatic heterocycles. The number of hydrogen-bond donors (Lipinski definition) is 2. The molecule has 3 unspecified atom stereocenters. The summed E-state index contributed by atoms with van der Waals surface area (Å²) >= 11 is 12.4. The van der Waals surface area contributed by atoms with E-state index in [0.717, 1.165) is 30.8 Å². The normalized spacial score (nSPS) is 31.3. The zero-order valence-electron chi connectivity index (χ0n) is 15.6. The molecule has 2 amide bonds. The van der Waals surface area contributed by atoms with Gasteiger partial charge in [-0.2, -0.15) is 0 Å². The van der Waals surface area contributed by atoms with E-state index < -0.39 is 6.10 Å². The Labute approximate surface area is 181 Å². The van der Waals surface area contributed by atoms with Gasteiger partial charge in [-0.15, -0.1) is 48.8 Å². The molecule has 0 aromatic rings. The number of carbonyl (C=O) groups is 2. The minimum Gasteiger partial charge on any atom is -0.372 e. The van der Waals surface area contributed by atoms with Gasteiger partial charge < -0.3 is 14.5 Å². The van der Waals surface area contributed by atoms with E-state index in [-0.39, 0.29) is 27.1 Å². The molecule has 1 aliphatic carbocycles. The Morgan fingerprint density at radius 1 is 1.19 bits per heavy atom. The molecule has 0 saturated carbocycles. The lowest BCUT2D eigenvalue weighted by Crippen LogP contribution is -2.47. The van der Waals surface area contributed by atoms with E-state index in [0.29, 0.717) is 31.7 Å². The topological polar surface area (TPSA) is 49.9 Å². The molecule has 0 bridgehead atoms. The van der Waals surface area contributed by atoms with Gasteiger partial charge in [0.05, 0.1) is 12.0 Å². The average molecular weight is 449 g/mol. The zero-order valence-corrected chi connectivity index (χ0v) is 19.0. The van der Waals surface area contributed by atoms with Crippen LogP contribution in [0.1, 0.15) is 32.6 Å². The van der Waals surface area contributed by atoms with E-state index in [2.05, 4.69) is 32.2 Å². The highest BCUT2D eigenvalue weighted by molar-refractivity contribution is 8.10. The number of amides is 2. The van der Waals surface area contributed by atoms with Crippen LogP contribution in [0.3, 0.4) is 0 Å². The average Bonchev–Trinajstić information content (AvgIpc) is 3.29. The van der Waals surface area contributed by atoms with Crippen LogP contribution in [0, 0.1) is 5.92 Å². The summed E-state index contributed by atoms with van der Waals surface area (Å²) in [5.74, 6) is 1.52. The first-order valence-corrected chi connectivity index (χ1v) is 12.7. The van der Waals surface area contributed by atoms with Crippen molar-refractivity contribution in [3.63, 3.8) is 0 Å². The Hall–Kier alpha value is 0.0400. The molecular weight excluding hydrogens is 420 g/mol. The second-order valence-electron chi connectivity index (χ2n) is 6.91. The molecule has 2 saturated heterocycles. The smallest absolute Gasteiger partial charge is 0.253 e. The molecule has 152 valence electrons. The zero-order chi connectivity index (χ0) is 19.4. The van der Waals surface area contributed by atoms with Crippen LogP contribution in [0.25, 0.3) is 0 Å². The Kier molecular flexibility index (Phi) is 8.20. The van der Waals surface area contributed by atoms with Crippen LogP contribution in [0.5, 0.6) is 0 Å². The van der Waals surface area contributed by atoms with Crippen LogP contribution < -0.4 is 0 Å². The largest absolute Gasteiger partial charge is 0.372 e. The second kappa shape index (κ2) is 10.2.